The van der Waals surface area contributed by atoms with E-state index in [0.29, 0.717) is 148 Å². The predicted octanol–water partition coefficient (Wildman–Crippen LogP) is 3.01. The minimum atomic E-state index is -0.786. The van der Waals surface area contributed by atoms with Gasteiger partial charge in [0.1, 0.15) is 5.60 Å². The van der Waals surface area contributed by atoms with Crippen LogP contribution in [0, 0.1) is 11.8 Å². The Hall–Kier alpha value is -4.14. The van der Waals surface area contributed by atoms with Crippen LogP contribution in [0.4, 0.5) is 4.79 Å². The van der Waals surface area contributed by atoms with E-state index in [0.717, 1.165) is 25.7 Å². The number of carbonyl (C=O) groups is 6. The molecule has 4 bridgehead atoms. The van der Waals surface area contributed by atoms with Crippen LogP contribution in [0.3, 0.4) is 0 Å². The standard InChI is InChI=1S/C49H85N7O12/c1-7-9-28-66-42-38-16-13-17-39(42)45(59)52-23-26-56(36-57)35-37(15-11-12-20-53-48(62)68-49(3,4)5)54-47(61)41-19-14-18-40(43(41)67-29-10-8-2)46(60)51-22-25-55(24-21-50-44(38)58)27-30-64-33-34-65-32-31-63-6/h17,19,36-38,40,42-43H,7-16,18,20-35H2,1-6H3,(H,50,58)(H,51,60)(H,52,59)(H,53,62)(H,54,61)/t37?,38?,40?,42-,43+/m1/s1. The summed E-state index contributed by atoms with van der Waals surface area (Å²) in [5.74, 6) is -2.36. The summed E-state index contributed by atoms with van der Waals surface area (Å²) in [7, 11) is 1.62. The second-order valence-electron chi connectivity index (χ2n) is 18.6. The Morgan fingerprint density at radius 2 is 1.29 bits per heavy atom. The largest absolute Gasteiger partial charge is 0.444 e. The predicted molar refractivity (Wildman–Crippen MR) is 258 cm³/mol. The summed E-state index contributed by atoms with van der Waals surface area (Å²) in [5.41, 5.74) is 0.128. The lowest BCUT2D eigenvalue weighted by Crippen LogP contribution is -2.50. The molecule has 19 nitrogen and oxygen atoms in total. The first-order valence-electron chi connectivity index (χ1n) is 25.1. The molecule has 0 spiro atoms. The van der Waals surface area contributed by atoms with Crippen LogP contribution in [0.25, 0.3) is 0 Å². The fraction of sp³-hybridized carbons (Fsp3) is 0.796. The number of ether oxygens (including phenoxy) is 6. The van der Waals surface area contributed by atoms with Crippen molar-refractivity contribution in [2.75, 3.05) is 112 Å². The van der Waals surface area contributed by atoms with E-state index in [-0.39, 0.29) is 43.3 Å². The number of carbonyl (C=O) groups excluding carboxylic acids is 6. The zero-order valence-electron chi connectivity index (χ0n) is 42.0. The smallest absolute Gasteiger partial charge is 0.407 e. The SMILES string of the molecule is CCCCO[C@@H]1C2=CCCC1C(=O)NCCN(CCOCCOCCOC)CCNC(=O)C1CCC=C(C(=O)NCCN(C=O)CC(CCCCNC(=O)OC(C)(C)C)NC2=O)[C@@H]1OCCCC. The van der Waals surface area contributed by atoms with E-state index in [1.54, 1.807) is 27.9 Å². The molecule has 0 aromatic rings. The van der Waals surface area contributed by atoms with Crippen molar-refractivity contribution in [3.05, 3.63) is 23.3 Å². The quantitative estimate of drug-likeness (QED) is 0.0735. The van der Waals surface area contributed by atoms with Gasteiger partial charge in [0.15, 0.2) is 0 Å². The maximum Gasteiger partial charge on any atom is 0.407 e. The number of methoxy groups -OCH3 is 1. The molecule has 1 saturated heterocycles. The average molecular weight is 964 g/mol. The first kappa shape index (κ1) is 58.2. The molecule has 1 heterocycles. The summed E-state index contributed by atoms with van der Waals surface area (Å²) in [6.45, 7) is 15.3. The molecule has 19 heteroatoms. The second-order valence-corrected chi connectivity index (χ2v) is 18.6. The van der Waals surface area contributed by atoms with Gasteiger partial charge in [0.05, 0.1) is 57.1 Å². The number of nitrogens with zero attached hydrogens (tertiary/aromatic N) is 2. The molecular weight excluding hydrogens is 879 g/mol. The van der Waals surface area contributed by atoms with Crippen LogP contribution < -0.4 is 26.6 Å². The highest BCUT2D eigenvalue weighted by atomic mass is 16.6. The van der Waals surface area contributed by atoms with Crippen molar-refractivity contribution in [3.63, 3.8) is 0 Å². The molecule has 3 rings (SSSR count). The molecule has 68 heavy (non-hydrogen) atoms. The molecule has 0 aromatic carbocycles. The molecule has 5 N–H and O–H groups in total. The zero-order chi connectivity index (χ0) is 49.6. The lowest BCUT2D eigenvalue weighted by Gasteiger charge is -2.33. The van der Waals surface area contributed by atoms with Crippen LogP contribution in [0.5, 0.6) is 0 Å². The van der Waals surface area contributed by atoms with Gasteiger partial charge in [-0.15, -0.1) is 0 Å². The van der Waals surface area contributed by atoms with Gasteiger partial charge < -0.3 is 59.9 Å². The van der Waals surface area contributed by atoms with Gasteiger partial charge in [-0.1, -0.05) is 38.8 Å². The fourth-order valence-corrected chi connectivity index (χ4v) is 8.22. The van der Waals surface area contributed by atoms with Gasteiger partial charge in [0, 0.05) is 96.4 Å². The molecule has 0 aromatic heterocycles. The van der Waals surface area contributed by atoms with Gasteiger partial charge >= 0.3 is 6.09 Å². The number of fused-ring (bicyclic) bond motifs is 4. The molecular formula is C49H85N7O12. The van der Waals surface area contributed by atoms with E-state index in [9.17, 15) is 28.8 Å². The molecule has 2 aliphatic carbocycles. The molecule has 3 unspecified atom stereocenters. The second kappa shape index (κ2) is 33.4. The van der Waals surface area contributed by atoms with Gasteiger partial charge in [-0.25, -0.2) is 4.79 Å². The van der Waals surface area contributed by atoms with Gasteiger partial charge in [-0.2, -0.15) is 0 Å². The molecule has 5 atom stereocenters. The van der Waals surface area contributed by atoms with E-state index in [1.165, 1.54) is 4.90 Å². The first-order chi connectivity index (χ1) is 32.8. The average Bonchev–Trinajstić information content (AvgIpc) is 3.30. The zero-order valence-corrected chi connectivity index (χ0v) is 42.0. The van der Waals surface area contributed by atoms with Crippen molar-refractivity contribution in [1.29, 1.82) is 0 Å². The van der Waals surface area contributed by atoms with Crippen molar-refractivity contribution < 1.29 is 57.2 Å². The van der Waals surface area contributed by atoms with Gasteiger partial charge in [0.2, 0.25) is 30.0 Å². The molecule has 1 aliphatic heterocycles. The Bertz CT molecular complexity index is 1590. The third-order valence-corrected chi connectivity index (χ3v) is 11.9. The van der Waals surface area contributed by atoms with E-state index < -0.39 is 41.8 Å². The molecule has 0 radical (unpaired) electrons. The molecule has 3 aliphatic rings. The third kappa shape index (κ3) is 22.5. The summed E-state index contributed by atoms with van der Waals surface area (Å²) < 4.78 is 34.4. The maximum absolute atomic E-state index is 14.3. The van der Waals surface area contributed by atoms with E-state index in [4.69, 9.17) is 28.4 Å². The summed E-state index contributed by atoms with van der Waals surface area (Å²) in [6.07, 6.45) is 9.27. The van der Waals surface area contributed by atoms with Crippen LogP contribution in [0.1, 0.15) is 105 Å². The molecule has 1 fully saturated rings. The summed E-state index contributed by atoms with van der Waals surface area (Å²) >= 11 is 0. The Morgan fingerprint density at radius 1 is 0.735 bits per heavy atom. The number of hydrogen-bond acceptors (Lipinski definition) is 13. The highest BCUT2D eigenvalue weighted by Crippen LogP contribution is 2.30. The number of nitrogens with one attached hydrogen (secondary N) is 5. The van der Waals surface area contributed by atoms with Crippen molar-refractivity contribution in [3.8, 4) is 0 Å². The number of hydrogen-bond donors (Lipinski definition) is 5. The third-order valence-electron chi connectivity index (χ3n) is 11.9. The summed E-state index contributed by atoms with van der Waals surface area (Å²) in [6, 6.07) is -0.517. The Labute approximate surface area is 405 Å². The van der Waals surface area contributed by atoms with Crippen molar-refractivity contribution in [2.24, 2.45) is 11.8 Å². The topological polar surface area (TPSA) is 224 Å². The van der Waals surface area contributed by atoms with Crippen LogP contribution in [-0.4, -0.2) is 182 Å². The van der Waals surface area contributed by atoms with E-state index in [2.05, 4.69) is 31.5 Å². The fourth-order valence-electron chi connectivity index (χ4n) is 8.22. The number of alkyl carbamates (subject to hydrolysis) is 1. The monoisotopic (exact) mass is 964 g/mol. The van der Waals surface area contributed by atoms with E-state index >= 15 is 0 Å². The van der Waals surface area contributed by atoms with Crippen molar-refractivity contribution in [1.82, 2.24) is 36.4 Å². The van der Waals surface area contributed by atoms with Gasteiger partial charge in [-0.05, 0) is 78.6 Å². The highest BCUT2D eigenvalue weighted by Gasteiger charge is 2.39. The first-order valence-corrected chi connectivity index (χ1v) is 25.1. The Kier molecular flexibility index (Phi) is 28.6. The molecule has 0 saturated carbocycles. The number of amides is 6. The minimum Gasteiger partial charge on any atom is -0.444 e. The van der Waals surface area contributed by atoms with E-state index in [1.807, 2.05) is 26.0 Å². The number of rotatable bonds is 23. The van der Waals surface area contributed by atoms with Crippen molar-refractivity contribution in [2.45, 2.75) is 129 Å². The molecule has 6 amide bonds. The lowest BCUT2D eigenvalue weighted by atomic mass is 9.84. The normalized spacial score (nSPS) is 23.2. The van der Waals surface area contributed by atoms with Crippen LogP contribution in [0.15, 0.2) is 23.3 Å². The highest BCUT2D eigenvalue weighted by molar-refractivity contribution is 5.97. The Morgan fingerprint density at radius 3 is 1.85 bits per heavy atom. The maximum atomic E-state index is 14.3. The summed E-state index contributed by atoms with van der Waals surface area (Å²) in [5, 5.41) is 15.1. The summed E-state index contributed by atoms with van der Waals surface area (Å²) in [4.78, 5) is 84.6. The van der Waals surface area contributed by atoms with Gasteiger partial charge in [0.25, 0.3) is 0 Å². The lowest BCUT2D eigenvalue weighted by molar-refractivity contribution is -0.132. The minimum absolute atomic E-state index is 0.115. The van der Waals surface area contributed by atoms with Crippen LogP contribution in [0.2, 0.25) is 0 Å². The molecule has 388 valence electrons. The number of unbranched alkanes of at least 4 members (excludes halogenated alkanes) is 3. The van der Waals surface area contributed by atoms with Crippen LogP contribution in [-0.2, 0) is 52.4 Å². The van der Waals surface area contributed by atoms with Crippen molar-refractivity contribution >= 4 is 36.1 Å². The Balaban J connectivity index is 1.88. The number of allylic oxidation sites excluding steroid dienone is 2. The van der Waals surface area contributed by atoms with Crippen LogP contribution >= 0.6 is 0 Å². The van der Waals surface area contributed by atoms with Gasteiger partial charge in [-0.3, -0.25) is 28.9 Å².